The molecule has 6 nitrogen and oxygen atoms in total. The van der Waals surface area contributed by atoms with Crippen molar-refractivity contribution in [3.8, 4) is 0 Å². The van der Waals surface area contributed by atoms with Gasteiger partial charge in [-0.05, 0) is 52.4 Å². The number of carbonyl (C=O) groups is 2. The standard InChI is InChI=1S/C26H50N2O4/c1-7-14-25(31,15-8-2)20(5)27-22(29)24(18-12-11-13-19-24)23(30)28-21(6)26(32,16-9-3)17-10-4/h20-21,31-32H,7-19H2,1-6H3,(H,27,29)(H,28,30)/t20-,21-/m1/s1. The molecule has 0 heterocycles. The van der Waals surface area contributed by atoms with Gasteiger partial charge in [-0.3, -0.25) is 9.59 Å². The molecule has 1 aliphatic rings. The second-order valence-electron chi connectivity index (χ2n) is 10.2. The highest BCUT2D eigenvalue weighted by Crippen LogP contribution is 2.38. The number of hydrogen-bond acceptors (Lipinski definition) is 4. The zero-order chi connectivity index (χ0) is 24.4. The van der Waals surface area contributed by atoms with Gasteiger partial charge in [-0.1, -0.05) is 72.6 Å². The van der Waals surface area contributed by atoms with Gasteiger partial charge in [0.2, 0.25) is 11.8 Å². The number of nitrogens with one attached hydrogen (secondary N) is 2. The van der Waals surface area contributed by atoms with Gasteiger partial charge >= 0.3 is 0 Å². The van der Waals surface area contributed by atoms with Crippen LogP contribution in [0.1, 0.15) is 125 Å². The molecule has 0 bridgehead atoms. The molecule has 6 heteroatoms. The van der Waals surface area contributed by atoms with E-state index in [9.17, 15) is 19.8 Å². The third-order valence-electron chi connectivity index (χ3n) is 7.62. The van der Waals surface area contributed by atoms with Crippen LogP contribution in [-0.2, 0) is 9.59 Å². The van der Waals surface area contributed by atoms with E-state index in [2.05, 4.69) is 10.6 Å². The van der Waals surface area contributed by atoms with Gasteiger partial charge in [0, 0.05) is 0 Å². The number of carbonyl (C=O) groups excluding carboxylic acids is 2. The van der Waals surface area contributed by atoms with E-state index >= 15 is 0 Å². The van der Waals surface area contributed by atoms with Crippen molar-refractivity contribution < 1.29 is 19.8 Å². The molecule has 4 N–H and O–H groups in total. The summed E-state index contributed by atoms with van der Waals surface area (Å²) in [6.07, 6.45) is 9.42. The molecule has 2 amide bonds. The zero-order valence-corrected chi connectivity index (χ0v) is 21.6. The van der Waals surface area contributed by atoms with Gasteiger partial charge in [0.05, 0.1) is 23.3 Å². The van der Waals surface area contributed by atoms with Crippen LogP contribution >= 0.6 is 0 Å². The summed E-state index contributed by atoms with van der Waals surface area (Å²) in [7, 11) is 0. The topological polar surface area (TPSA) is 98.7 Å². The van der Waals surface area contributed by atoms with Crippen molar-refractivity contribution in [2.24, 2.45) is 5.41 Å². The summed E-state index contributed by atoms with van der Waals surface area (Å²) in [5.74, 6) is -0.566. The Hall–Kier alpha value is -1.14. The predicted molar refractivity (Wildman–Crippen MR) is 130 cm³/mol. The number of aliphatic hydroxyl groups is 2. The van der Waals surface area contributed by atoms with Crippen LogP contribution in [0, 0.1) is 5.41 Å². The second kappa shape index (κ2) is 12.9. The molecular weight excluding hydrogens is 404 g/mol. The van der Waals surface area contributed by atoms with Crippen LogP contribution in [-0.4, -0.2) is 45.3 Å². The fourth-order valence-corrected chi connectivity index (χ4v) is 5.50. The van der Waals surface area contributed by atoms with Crippen molar-refractivity contribution in [3.63, 3.8) is 0 Å². The minimum atomic E-state index is -1.14. The number of amides is 2. The smallest absolute Gasteiger partial charge is 0.236 e. The first kappa shape index (κ1) is 28.9. The van der Waals surface area contributed by atoms with E-state index in [1.807, 2.05) is 41.5 Å². The lowest BCUT2D eigenvalue weighted by Crippen LogP contribution is -2.61. The highest BCUT2D eigenvalue weighted by molar-refractivity contribution is 6.05. The zero-order valence-electron chi connectivity index (χ0n) is 21.6. The molecule has 1 rings (SSSR count). The maximum atomic E-state index is 13.6. The maximum absolute atomic E-state index is 13.6. The molecule has 0 unspecified atom stereocenters. The maximum Gasteiger partial charge on any atom is 0.236 e. The Morgan fingerprint density at radius 3 is 1.31 bits per heavy atom. The fraction of sp³-hybridized carbons (Fsp3) is 0.923. The summed E-state index contributed by atoms with van der Waals surface area (Å²) in [5, 5.41) is 28.4. The van der Waals surface area contributed by atoms with Crippen molar-refractivity contribution in [2.75, 3.05) is 0 Å². The lowest BCUT2D eigenvalue weighted by atomic mass is 9.71. The summed E-state index contributed by atoms with van der Waals surface area (Å²) in [6.45, 7) is 11.8. The number of rotatable bonds is 14. The molecular formula is C26H50N2O4. The van der Waals surface area contributed by atoms with Crippen molar-refractivity contribution in [2.45, 2.75) is 148 Å². The van der Waals surface area contributed by atoms with Crippen LogP contribution in [0.5, 0.6) is 0 Å². The first-order valence-corrected chi connectivity index (χ1v) is 13.1. The van der Waals surface area contributed by atoms with Crippen molar-refractivity contribution in [3.05, 3.63) is 0 Å². The Morgan fingerprint density at radius 1 is 0.719 bits per heavy atom. The minimum absolute atomic E-state index is 0.283. The Morgan fingerprint density at radius 2 is 1.03 bits per heavy atom. The highest BCUT2D eigenvalue weighted by Gasteiger charge is 2.49. The monoisotopic (exact) mass is 454 g/mol. The van der Waals surface area contributed by atoms with Gasteiger partial charge in [-0.15, -0.1) is 0 Å². The van der Waals surface area contributed by atoms with Gasteiger partial charge in [0.1, 0.15) is 5.41 Å². The fourth-order valence-electron chi connectivity index (χ4n) is 5.50. The lowest BCUT2D eigenvalue weighted by molar-refractivity contribution is -0.149. The lowest BCUT2D eigenvalue weighted by Gasteiger charge is -2.41. The van der Waals surface area contributed by atoms with Gasteiger partial charge in [0.25, 0.3) is 0 Å². The second-order valence-corrected chi connectivity index (χ2v) is 10.2. The Kier molecular flexibility index (Phi) is 11.7. The van der Waals surface area contributed by atoms with E-state index in [-0.39, 0.29) is 11.8 Å². The van der Waals surface area contributed by atoms with Gasteiger partial charge in [0.15, 0.2) is 0 Å². The van der Waals surface area contributed by atoms with Gasteiger partial charge in [-0.2, -0.15) is 0 Å². The van der Waals surface area contributed by atoms with E-state index in [1.54, 1.807) is 0 Å². The van der Waals surface area contributed by atoms with Crippen LogP contribution in [0.25, 0.3) is 0 Å². The first-order chi connectivity index (χ1) is 15.0. The van der Waals surface area contributed by atoms with Crippen LogP contribution < -0.4 is 10.6 Å². The van der Waals surface area contributed by atoms with Crippen molar-refractivity contribution in [1.29, 1.82) is 0 Å². The predicted octanol–water partition coefficient (Wildman–Crippen LogP) is 4.61. The Bertz CT molecular complexity index is 530. The van der Waals surface area contributed by atoms with Crippen LogP contribution in [0.3, 0.4) is 0 Å². The van der Waals surface area contributed by atoms with E-state index in [4.69, 9.17) is 0 Å². The van der Waals surface area contributed by atoms with Crippen LogP contribution in [0.15, 0.2) is 0 Å². The summed E-state index contributed by atoms with van der Waals surface area (Å²) in [6, 6.07) is -0.868. The SMILES string of the molecule is CCCC(O)(CCC)[C@@H](C)NC(=O)C1(C(=O)N[C@H](C)C(O)(CCC)CCC)CCCCC1. The summed E-state index contributed by atoms with van der Waals surface area (Å²) >= 11 is 0. The summed E-state index contributed by atoms with van der Waals surface area (Å²) in [4.78, 5) is 27.1. The summed E-state index contributed by atoms with van der Waals surface area (Å²) < 4.78 is 0. The molecule has 0 aromatic heterocycles. The molecule has 0 spiro atoms. The average Bonchev–Trinajstić information content (AvgIpc) is 2.74. The van der Waals surface area contributed by atoms with Gasteiger partial charge < -0.3 is 20.8 Å². The molecule has 32 heavy (non-hydrogen) atoms. The van der Waals surface area contributed by atoms with Gasteiger partial charge in [-0.25, -0.2) is 0 Å². The van der Waals surface area contributed by atoms with E-state index in [0.717, 1.165) is 44.9 Å². The van der Waals surface area contributed by atoms with E-state index < -0.39 is 28.7 Å². The summed E-state index contributed by atoms with van der Waals surface area (Å²) in [5.41, 5.74) is -3.08. The molecule has 0 saturated heterocycles. The third-order valence-corrected chi connectivity index (χ3v) is 7.62. The molecule has 188 valence electrons. The van der Waals surface area contributed by atoms with Crippen LogP contribution in [0.2, 0.25) is 0 Å². The first-order valence-electron chi connectivity index (χ1n) is 13.1. The van der Waals surface area contributed by atoms with E-state index in [0.29, 0.717) is 38.5 Å². The van der Waals surface area contributed by atoms with Crippen molar-refractivity contribution in [1.82, 2.24) is 10.6 Å². The van der Waals surface area contributed by atoms with Crippen LogP contribution in [0.4, 0.5) is 0 Å². The molecule has 2 atom stereocenters. The molecule has 0 aliphatic heterocycles. The molecule has 0 aromatic rings. The normalized spacial score (nSPS) is 18.6. The molecule has 1 saturated carbocycles. The molecule has 0 aromatic carbocycles. The minimum Gasteiger partial charge on any atom is -0.388 e. The quantitative estimate of drug-likeness (QED) is 0.288. The Balaban J connectivity index is 3.08. The molecule has 1 aliphatic carbocycles. The highest BCUT2D eigenvalue weighted by atomic mass is 16.3. The largest absolute Gasteiger partial charge is 0.388 e. The Labute approximate surface area is 196 Å². The molecule has 1 fully saturated rings. The average molecular weight is 455 g/mol. The van der Waals surface area contributed by atoms with E-state index in [1.165, 1.54) is 0 Å². The number of hydrogen-bond donors (Lipinski definition) is 4. The molecule has 0 radical (unpaired) electrons. The third kappa shape index (κ3) is 6.93. The van der Waals surface area contributed by atoms with Crippen molar-refractivity contribution >= 4 is 11.8 Å².